The van der Waals surface area contributed by atoms with Gasteiger partial charge in [-0.1, -0.05) is 60.7 Å². The number of nitrogens with zero attached hydrogens (tertiary/aromatic N) is 1. The molecule has 2 aromatic heterocycles. The Bertz CT molecular complexity index is 1290. The van der Waals surface area contributed by atoms with Crippen LogP contribution in [0.5, 0.6) is 5.75 Å². The summed E-state index contributed by atoms with van der Waals surface area (Å²) in [5.74, 6) is 0.333. The van der Waals surface area contributed by atoms with Gasteiger partial charge in [0.2, 0.25) is 0 Å². The summed E-state index contributed by atoms with van der Waals surface area (Å²) in [6.45, 7) is 0.651. The first kappa shape index (κ1) is 19.3. The van der Waals surface area contributed by atoms with Crippen LogP contribution in [0.1, 0.15) is 11.1 Å². The summed E-state index contributed by atoms with van der Waals surface area (Å²) < 4.78 is 12.7. The first-order chi connectivity index (χ1) is 15.2. The van der Waals surface area contributed by atoms with Crippen LogP contribution in [0.2, 0.25) is 0 Å². The Balaban J connectivity index is 1.54. The third-order valence-corrected chi connectivity index (χ3v) is 6.26. The highest BCUT2D eigenvalue weighted by molar-refractivity contribution is 7.13. The van der Waals surface area contributed by atoms with E-state index >= 15 is 0 Å². The van der Waals surface area contributed by atoms with Gasteiger partial charge >= 0.3 is 6.16 Å². The van der Waals surface area contributed by atoms with Gasteiger partial charge in [-0.25, -0.2) is 4.79 Å². The van der Waals surface area contributed by atoms with Crippen molar-refractivity contribution in [3.63, 3.8) is 0 Å². The van der Waals surface area contributed by atoms with Crippen LogP contribution in [0.25, 0.3) is 21.7 Å². The average molecular weight is 429 g/mol. The molecule has 0 fully saturated rings. The molecule has 31 heavy (non-hydrogen) atoms. The molecule has 6 heteroatoms. The molecule has 1 aliphatic rings. The molecular formula is C25H19NO4S. The third-order valence-electron chi connectivity index (χ3n) is 5.30. The van der Waals surface area contributed by atoms with Gasteiger partial charge in [0.25, 0.3) is 5.56 Å². The smallest absolute Gasteiger partial charge is 0.429 e. The van der Waals surface area contributed by atoms with Crippen molar-refractivity contribution in [2.45, 2.75) is 19.6 Å². The molecule has 0 unspecified atom stereocenters. The second-order valence-corrected chi connectivity index (χ2v) is 8.16. The maximum Gasteiger partial charge on any atom is 0.514 e. The van der Waals surface area contributed by atoms with Crippen LogP contribution in [0, 0.1) is 0 Å². The van der Waals surface area contributed by atoms with Crippen molar-refractivity contribution in [2.24, 2.45) is 0 Å². The molecule has 0 spiro atoms. The summed E-state index contributed by atoms with van der Waals surface area (Å²) in [5.41, 5.74) is 3.84. The van der Waals surface area contributed by atoms with E-state index in [2.05, 4.69) is 6.07 Å². The highest BCUT2D eigenvalue weighted by Crippen LogP contribution is 2.40. The number of ether oxygens (including phenoxy) is 2. The van der Waals surface area contributed by atoms with Crippen LogP contribution in [0.4, 0.5) is 4.79 Å². The number of benzene rings is 2. The molecule has 0 bridgehead atoms. The van der Waals surface area contributed by atoms with Crippen LogP contribution in [0.3, 0.4) is 0 Å². The normalized spacial score (nSPS) is 12.0. The molecule has 4 aromatic rings. The Hall–Kier alpha value is -3.64. The predicted octanol–water partition coefficient (Wildman–Crippen LogP) is 5.52. The first-order valence-electron chi connectivity index (χ1n) is 9.99. The lowest BCUT2D eigenvalue weighted by atomic mass is 10.0. The largest absolute Gasteiger partial charge is 0.514 e. The standard InChI is InChI=1S/C25H19NO4S/c27-24-20(18-9-5-2-6-10-18)15-21(22-23-19(12-14-31-23)11-13-26(22)24)30-25(28)29-16-17-7-3-1-4-8-17/h1-10,12,14-15H,11,13,16H2. The van der Waals surface area contributed by atoms with E-state index in [0.717, 1.165) is 28.0 Å². The highest BCUT2D eigenvalue weighted by Gasteiger charge is 2.26. The zero-order chi connectivity index (χ0) is 21.2. The van der Waals surface area contributed by atoms with Gasteiger partial charge in [-0.05, 0) is 40.6 Å². The quantitative estimate of drug-likeness (QED) is 0.401. The second kappa shape index (κ2) is 8.24. The van der Waals surface area contributed by atoms with Gasteiger partial charge in [-0.3, -0.25) is 4.79 Å². The van der Waals surface area contributed by atoms with Crippen molar-refractivity contribution in [1.82, 2.24) is 4.57 Å². The van der Waals surface area contributed by atoms with Crippen LogP contribution >= 0.6 is 11.3 Å². The summed E-state index contributed by atoms with van der Waals surface area (Å²) in [4.78, 5) is 26.8. The number of hydrogen-bond donors (Lipinski definition) is 0. The SMILES string of the molecule is O=C(OCc1ccccc1)Oc1cc(-c2ccccc2)c(=O)n2c1-c1sccc1CC2. The fourth-order valence-electron chi connectivity index (χ4n) is 3.80. The van der Waals surface area contributed by atoms with Crippen molar-refractivity contribution in [1.29, 1.82) is 0 Å². The van der Waals surface area contributed by atoms with Crippen molar-refractivity contribution < 1.29 is 14.3 Å². The van der Waals surface area contributed by atoms with Gasteiger partial charge < -0.3 is 14.0 Å². The molecule has 0 N–H and O–H groups in total. The predicted molar refractivity (Wildman–Crippen MR) is 120 cm³/mol. The van der Waals surface area contributed by atoms with Crippen LogP contribution < -0.4 is 10.3 Å². The van der Waals surface area contributed by atoms with E-state index in [9.17, 15) is 9.59 Å². The summed E-state index contributed by atoms with van der Waals surface area (Å²) in [6.07, 6.45) is -0.0324. The van der Waals surface area contributed by atoms with E-state index in [1.54, 1.807) is 10.6 Å². The van der Waals surface area contributed by atoms with Gasteiger partial charge in [0.1, 0.15) is 12.3 Å². The monoisotopic (exact) mass is 429 g/mol. The zero-order valence-corrected chi connectivity index (χ0v) is 17.4. The molecule has 0 saturated heterocycles. The fourth-order valence-corrected chi connectivity index (χ4v) is 4.81. The molecule has 0 saturated carbocycles. The number of rotatable bonds is 4. The molecule has 0 atom stereocenters. The molecule has 0 amide bonds. The maximum atomic E-state index is 13.3. The van der Waals surface area contributed by atoms with Gasteiger partial charge in [-0.15, -0.1) is 11.3 Å². The van der Waals surface area contributed by atoms with Crippen molar-refractivity contribution in [3.8, 4) is 27.4 Å². The molecule has 0 radical (unpaired) electrons. The van der Waals surface area contributed by atoms with Crippen molar-refractivity contribution in [2.75, 3.05) is 0 Å². The minimum absolute atomic E-state index is 0.0924. The highest BCUT2D eigenvalue weighted by atomic mass is 32.1. The number of carbonyl (C=O) groups excluding carboxylic acids is 1. The van der Waals surface area contributed by atoms with E-state index in [0.29, 0.717) is 23.6 Å². The minimum Gasteiger partial charge on any atom is -0.429 e. The van der Waals surface area contributed by atoms with Gasteiger partial charge in [0, 0.05) is 6.54 Å². The van der Waals surface area contributed by atoms with Crippen molar-refractivity contribution in [3.05, 3.63) is 99.7 Å². The number of fused-ring (bicyclic) bond motifs is 3. The summed E-state index contributed by atoms with van der Waals surface area (Å²) in [5, 5.41) is 1.99. The van der Waals surface area contributed by atoms with Gasteiger partial charge in [-0.2, -0.15) is 0 Å². The second-order valence-electron chi connectivity index (χ2n) is 7.24. The number of thiophene rings is 1. The lowest BCUT2D eigenvalue weighted by Gasteiger charge is -2.22. The topological polar surface area (TPSA) is 57.5 Å². The number of carbonyl (C=O) groups is 1. The number of pyridine rings is 1. The molecule has 0 aliphatic carbocycles. The van der Waals surface area contributed by atoms with Crippen LogP contribution in [-0.4, -0.2) is 10.7 Å². The molecule has 1 aliphatic heterocycles. The fraction of sp³-hybridized carbons (Fsp3) is 0.120. The minimum atomic E-state index is -0.798. The Labute approximate surface area is 183 Å². The van der Waals surface area contributed by atoms with Crippen LogP contribution in [0.15, 0.2) is 83.0 Å². The number of hydrogen-bond acceptors (Lipinski definition) is 5. The number of aryl methyl sites for hydroxylation is 1. The van der Waals surface area contributed by atoms with E-state index in [1.165, 1.54) is 11.3 Å². The van der Waals surface area contributed by atoms with E-state index < -0.39 is 6.16 Å². The van der Waals surface area contributed by atoms with Gasteiger partial charge in [0.05, 0.1) is 10.4 Å². The Morgan fingerprint density at radius 1 is 1.00 bits per heavy atom. The van der Waals surface area contributed by atoms with E-state index in [4.69, 9.17) is 9.47 Å². The summed E-state index contributed by atoms with van der Waals surface area (Å²) in [6, 6.07) is 22.5. The molecule has 2 aromatic carbocycles. The molecule has 5 nitrogen and oxygen atoms in total. The molecule has 154 valence electrons. The van der Waals surface area contributed by atoms with Gasteiger partial charge in [0.15, 0.2) is 5.75 Å². The Kier molecular flexibility index (Phi) is 5.14. The zero-order valence-electron chi connectivity index (χ0n) is 16.6. The Morgan fingerprint density at radius 2 is 1.74 bits per heavy atom. The Morgan fingerprint density at radius 3 is 2.52 bits per heavy atom. The number of aromatic nitrogens is 1. The molecular weight excluding hydrogens is 410 g/mol. The molecule has 3 heterocycles. The van der Waals surface area contributed by atoms with Crippen molar-refractivity contribution >= 4 is 17.5 Å². The summed E-state index contributed by atoms with van der Waals surface area (Å²) >= 11 is 1.54. The lowest BCUT2D eigenvalue weighted by Crippen LogP contribution is -2.28. The van der Waals surface area contributed by atoms with Crippen LogP contribution in [-0.2, 0) is 24.3 Å². The summed E-state index contributed by atoms with van der Waals surface area (Å²) in [7, 11) is 0. The molecule has 5 rings (SSSR count). The van der Waals surface area contributed by atoms with E-state index in [1.807, 2.05) is 66.0 Å². The first-order valence-corrected chi connectivity index (χ1v) is 10.9. The lowest BCUT2D eigenvalue weighted by molar-refractivity contribution is 0.0927. The van der Waals surface area contributed by atoms with E-state index in [-0.39, 0.29) is 12.2 Å². The average Bonchev–Trinajstić information content (AvgIpc) is 3.29. The maximum absolute atomic E-state index is 13.3. The third kappa shape index (κ3) is 3.78.